The van der Waals surface area contributed by atoms with Crippen molar-refractivity contribution < 1.29 is 19.4 Å². The number of carboxylic acids is 1. The molecule has 1 aliphatic rings. The highest BCUT2D eigenvalue weighted by Crippen LogP contribution is 2.28. The van der Waals surface area contributed by atoms with E-state index in [1.165, 1.54) is 6.07 Å². The molecule has 0 spiro atoms. The number of hydrogen-bond donors (Lipinski definition) is 1. The van der Waals surface area contributed by atoms with Crippen LogP contribution in [0.1, 0.15) is 27.6 Å². The lowest BCUT2D eigenvalue weighted by molar-refractivity contribution is -0.0330. The number of ether oxygens (including phenoxy) is 2. The summed E-state index contributed by atoms with van der Waals surface area (Å²) in [7, 11) is 1.64. The number of benzene rings is 2. The minimum Gasteiger partial charge on any atom is -0.497 e. The number of aromatic carboxylic acids is 1. The maximum Gasteiger partial charge on any atom is 0.337 e. The van der Waals surface area contributed by atoms with Crippen molar-refractivity contribution in [2.75, 3.05) is 26.8 Å². The predicted octanol–water partition coefficient (Wildman–Crippen LogP) is 3.62. The Hall–Kier alpha value is -2.08. The van der Waals surface area contributed by atoms with E-state index < -0.39 is 5.97 Å². The summed E-state index contributed by atoms with van der Waals surface area (Å²) in [5, 5.41) is 9.51. The molecule has 2 aromatic rings. The van der Waals surface area contributed by atoms with Crippen LogP contribution >= 0.6 is 11.6 Å². The van der Waals surface area contributed by atoms with Gasteiger partial charge in [0, 0.05) is 19.6 Å². The first kappa shape index (κ1) is 17.7. The quantitative estimate of drug-likeness (QED) is 0.881. The minimum atomic E-state index is -1.01. The molecule has 0 saturated carbocycles. The lowest BCUT2D eigenvalue weighted by Crippen LogP contribution is -2.37. The molecule has 0 radical (unpaired) electrons. The molecule has 132 valence electrons. The highest BCUT2D eigenvalue weighted by molar-refractivity contribution is 6.34. The van der Waals surface area contributed by atoms with Gasteiger partial charge in [-0.25, -0.2) is 4.79 Å². The molecule has 1 saturated heterocycles. The van der Waals surface area contributed by atoms with E-state index in [0.717, 1.165) is 23.4 Å². The van der Waals surface area contributed by atoms with Gasteiger partial charge in [-0.1, -0.05) is 35.9 Å². The third-order valence-electron chi connectivity index (χ3n) is 4.32. The first-order valence-electron chi connectivity index (χ1n) is 8.07. The topological polar surface area (TPSA) is 59.0 Å². The Balaban J connectivity index is 1.74. The number of carboxylic acid groups (broad SMARTS) is 1. The van der Waals surface area contributed by atoms with Gasteiger partial charge in [0.1, 0.15) is 5.75 Å². The summed E-state index contributed by atoms with van der Waals surface area (Å²) in [6, 6.07) is 13.0. The number of carbonyl (C=O) groups is 1. The third kappa shape index (κ3) is 4.12. The number of halogens is 1. The zero-order chi connectivity index (χ0) is 17.8. The van der Waals surface area contributed by atoms with Crippen LogP contribution in [0.4, 0.5) is 0 Å². The highest BCUT2D eigenvalue weighted by atomic mass is 35.5. The summed E-state index contributed by atoms with van der Waals surface area (Å²) < 4.78 is 11.2. The van der Waals surface area contributed by atoms with Crippen LogP contribution in [-0.2, 0) is 11.3 Å². The van der Waals surface area contributed by atoms with Crippen molar-refractivity contribution in [2.45, 2.75) is 12.6 Å². The first-order chi connectivity index (χ1) is 12.1. The van der Waals surface area contributed by atoms with Crippen LogP contribution in [0, 0.1) is 0 Å². The second-order valence-corrected chi connectivity index (χ2v) is 6.33. The van der Waals surface area contributed by atoms with Crippen LogP contribution < -0.4 is 4.74 Å². The number of rotatable bonds is 5. The SMILES string of the molecule is COc1cccc(C2CN(Cc3cccc(C(=O)O)c3Cl)CCO2)c1. The number of morpholine rings is 1. The Kier molecular flexibility index (Phi) is 5.58. The molecule has 1 atom stereocenters. The lowest BCUT2D eigenvalue weighted by atomic mass is 10.1. The van der Waals surface area contributed by atoms with E-state index in [1.54, 1.807) is 13.2 Å². The van der Waals surface area contributed by atoms with Crippen molar-refractivity contribution in [1.29, 1.82) is 0 Å². The molecule has 1 heterocycles. The Morgan fingerprint density at radius 1 is 1.36 bits per heavy atom. The summed E-state index contributed by atoms with van der Waals surface area (Å²) in [6.45, 7) is 2.68. The van der Waals surface area contributed by atoms with E-state index in [1.807, 2.05) is 30.3 Å². The van der Waals surface area contributed by atoms with Crippen molar-refractivity contribution in [3.8, 4) is 5.75 Å². The van der Waals surface area contributed by atoms with E-state index in [9.17, 15) is 9.90 Å². The molecule has 1 aliphatic heterocycles. The Morgan fingerprint density at radius 3 is 2.92 bits per heavy atom. The molecule has 0 bridgehead atoms. The maximum atomic E-state index is 11.2. The number of nitrogens with zero attached hydrogens (tertiary/aromatic N) is 1. The second kappa shape index (κ2) is 7.87. The van der Waals surface area contributed by atoms with Crippen molar-refractivity contribution in [3.05, 3.63) is 64.2 Å². The van der Waals surface area contributed by atoms with Gasteiger partial charge < -0.3 is 14.6 Å². The fraction of sp³-hybridized carbons (Fsp3) is 0.316. The molecule has 2 aromatic carbocycles. The summed E-state index contributed by atoms with van der Waals surface area (Å²) >= 11 is 6.26. The van der Waals surface area contributed by atoms with Gasteiger partial charge >= 0.3 is 5.97 Å². The highest BCUT2D eigenvalue weighted by Gasteiger charge is 2.23. The second-order valence-electron chi connectivity index (χ2n) is 5.95. The number of hydrogen-bond acceptors (Lipinski definition) is 4. The van der Waals surface area contributed by atoms with Crippen LogP contribution in [0.15, 0.2) is 42.5 Å². The van der Waals surface area contributed by atoms with Crippen LogP contribution in [0.3, 0.4) is 0 Å². The van der Waals surface area contributed by atoms with Crippen LogP contribution in [0.5, 0.6) is 5.75 Å². The molecule has 0 aliphatic carbocycles. The standard InChI is InChI=1S/C19H20ClNO4/c1-24-15-6-2-4-13(10-15)17-12-21(8-9-25-17)11-14-5-3-7-16(18(14)20)19(22)23/h2-7,10,17H,8-9,11-12H2,1H3,(H,22,23). The molecule has 3 rings (SSSR count). The van der Waals surface area contributed by atoms with Crippen LogP contribution in [0.25, 0.3) is 0 Å². The van der Waals surface area contributed by atoms with E-state index in [-0.39, 0.29) is 11.7 Å². The summed E-state index contributed by atoms with van der Waals surface area (Å²) in [5.41, 5.74) is 2.01. The molecule has 1 unspecified atom stereocenters. The van der Waals surface area contributed by atoms with Gasteiger partial charge in [0.2, 0.25) is 0 Å². The smallest absolute Gasteiger partial charge is 0.337 e. The molecule has 0 amide bonds. The molecular weight excluding hydrogens is 342 g/mol. The monoisotopic (exact) mass is 361 g/mol. The molecule has 6 heteroatoms. The van der Waals surface area contributed by atoms with E-state index in [4.69, 9.17) is 21.1 Å². The van der Waals surface area contributed by atoms with Gasteiger partial charge in [-0.15, -0.1) is 0 Å². The Labute approximate surface area is 151 Å². The molecule has 1 N–H and O–H groups in total. The zero-order valence-electron chi connectivity index (χ0n) is 13.9. The normalized spacial score (nSPS) is 18.1. The fourth-order valence-electron chi connectivity index (χ4n) is 3.00. The van der Waals surface area contributed by atoms with Gasteiger partial charge in [-0.2, -0.15) is 0 Å². The number of methoxy groups -OCH3 is 1. The molecule has 25 heavy (non-hydrogen) atoms. The van der Waals surface area contributed by atoms with Crippen molar-refractivity contribution in [2.24, 2.45) is 0 Å². The van der Waals surface area contributed by atoms with E-state index >= 15 is 0 Å². The van der Waals surface area contributed by atoms with Gasteiger partial charge in [0.05, 0.1) is 30.4 Å². The van der Waals surface area contributed by atoms with Gasteiger partial charge in [-0.3, -0.25) is 4.90 Å². The lowest BCUT2D eigenvalue weighted by Gasteiger charge is -2.33. The van der Waals surface area contributed by atoms with Crippen molar-refractivity contribution in [1.82, 2.24) is 4.90 Å². The van der Waals surface area contributed by atoms with E-state index in [2.05, 4.69) is 4.90 Å². The van der Waals surface area contributed by atoms with Crippen LogP contribution in [-0.4, -0.2) is 42.8 Å². The van der Waals surface area contributed by atoms with Crippen molar-refractivity contribution in [3.63, 3.8) is 0 Å². The largest absolute Gasteiger partial charge is 0.497 e. The maximum absolute atomic E-state index is 11.2. The summed E-state index contributed by atoms with van der Waals surface area (Å²) in [6.07, 6.45) is -0.0507. The minimum absolute atomic E-state index is 0.0507. The molecule has 1 fully saturated rings. The Morgan fingerprint density at radius 2 is 2.16 bits per heavy atom. The molecular formula is C19H20ClNO4. The van der Waals surface area contributed by atoms with Crippen LogP contribution in [0.2, 0.25) is 5.02 Å². The average Bonchev–Trinajstić information content (AvgIpc) is 2.63. The zero-order valence-corrected chi connectivity index (χ0v) is 14.7. The first-order valence-corrected chi connectivity index (χ1v) is 8.45. The summed E-state index contributed by atoms with van der Waals surface area (Å²) in [4.78, 5) is 13.5. The Bertz CT molecular complexity index is 765. The third-order valence-corrected chi connectivity index (χ3v) is 4.77. The van der Waals surface area contributed by atoms with E-state index in [0.29, 0.717) is 24.7 Å². The summed E-state index contributed by atoms with van der Waals surface area (Å²) in [5.74, 6) is -0.210. The molecule has 0 aromatic heterocycles. The van der Waals surface area contributed by atoms with Crippen molar-refractivity contribution >= 4 is 17.6 Å². The van der Waals surface area contributed by atoms with Gasteiger partial charge in [-0.05, 0) is 29.3 Å². The fourth-order valence-corrected chi connectivity index (χ4v) is 3.26. The molecule has 5 nitrogen and oxygen atoms in total. The van der Waals surface area contributed by atoms with Gasteiger partial charge in [0.15, 0.2) is 0 Å². The predicted molar refractivity (Wildman–Crippen MR) is 95.4 cm³/mol. The van der Waals surface area contributed by atoms with Gasteiger partial charge in [0.25, 0.3) is 0 Å². The average molecular weight is 362 g/mol.